The van der Waals surface area contributed by atoms with E-state index >= 15 is 0 Å². The summed E-state index contributed by atoms with van der Waals surface area (Å²) in [4.78, 5) is 28.7. The number of fused-ring (bicyclic) bond motifs is 1. The molecule has 0 N–H and O–H groups in total. The predicted molar refractivity (Wildman–Crippen MR) is 118 cm³/mol. The second-order valence-electron chi connectivity index (χ2n) is 6.98. The normalized spacial score (nSPS) is 14.2. The third-order valence-electron chi connectivity index (χ3n) is 4.93. The Labute approximate surface area is 188 Å². The third kappa shape index (κ3) is 4.08. The van der Waals surface area contributed by atoms with E-state index in [1.54, 1.807) is 49.0 Å². The second kappa shape index (κ2) is 8.56. The van der Waals surface area contributed by atoms with Gasteiger partial charge in [0, 0.05) is 19.8 Å². The fourth-order valence-electron chi connectivity index (χ4n) is 3.38. The number of aromatic nitrogens is 3. The van der Waals surface area contributed by atoms with Crippen LogP contribution in [0.5, 0.6) is 0 Å². The Morgan fingerprint density at radius 3 is 2.81 bits per heavy atom. The Morgan fingerprint density at radius 2 is 2.03 bits per heavy atom. The van der Waals surface area contributed by atoms with Gasteiger partial charge in [-0.1, -0.05) is 40.5 Å². The maximum absolute atomic E-state index is 13.3. The van der Waals surface area contributed by atoms with E-state index in [1.165, 1.54) is 16.0 Å². The number of rotatable bonds is 5. The molecule has 1 aliphatic heterocycles. The summed E-state index contributed by atoms with van der Waals surface area (Å²) in [7, 11) is 1.79. The zero-order chi connectivity index (χ0) is 22.1. The number of anilines is 1. The third-order valence-corrected chi connectivity index (χ3v) is 5.78. The van der Waals surface area contributed by atoms with Crippen molar-refractivity contribution in [3.8, 4) is 0 Å². The topological polar surface area (TPSA) is 80.6 Å². The lowest BCUT2D eigenvalue weighted by molar-refractivity contribution is -0.138. The minimum Gasteiger partial charge on any atom is -0.463 e. The number of nitrogens with zero attached hydrogens (tertiary/aromatic N) is 5. The number of carbonyl (C=O) groups excluding carboxylic acids is 2. The average Bonchev–Trinajstić information content (AvgIpc) is 3.13. The molecule has 0 radical (unpaired) electrons. The van der Waals surface area contributed by atoms with E-state index in [9.17, 15) is 9.59 Å². The van der Waals surface area contributed by atoms with E-state index in [0.717, 1.165) is 5.52 Å². The number of benzene rings is 2. The fraction of sp³-hybridized carbons (Fsp3) is 0.238. The van der Waals surface area contributed by atoms with Crippen molar-refractivity contribution in [3.05, 3.63) is 63.8 Å². The van der Waals surface area contributed by atoms with Gasteiger partial charge in [0.2, 0.25) is 0 Å². The lowest BCUT2D eigenvalue weighted by atomic mass is 10.1. The minimum absolute atomic E-state index is 0.0877. The smallest absolute Gasteiger partial charge is 0.337 e. The number of halogens is 2. The zero-order valence-electron chi connectivity index (χ0n) is 16.9. The van der Waals surface area contributed by atoms with Crippen LogP contribution in [-0.2, 0) is 23.1 Å². The molecule has 8 nitrogen and oxygen atoms in total. The van der Waals surface area contributed by atoms with Gasteiger partial charge in [-0.05, 0) is 36.8 Å². The predicted octanol–water partition coefficient (Wildman–Crippen LogP) is 4.16. The van der Waals surface area contributed by atoms with E-state index < -0.39 is 5.97 Å². The molecule has 2 aromatic carbocycles. The minimum atomic E-state index is -0.484. The number of ether oxygens (including phenoxy) is 1. The highest BCUT2D eigenvalue weighted by molar-refractivity contribution is 6.42. The summed E-state index contributed by atoms with van der Waals surface area (Å²) in [6, 6.07) is 10.3. The molecule has 0 saturated heterocycles. The molecule has 4 rings (SSSR count). The molecule has 160 valence electrons. The van der Waals surface area contributed by atoms with Gasteiger partial charge in [-0.2, -0.15) is 0 Å². The number of hydrogen-bond donors (Lipinski definition) is 0. The number of aryl methyl sites for hydroxylation is 1. The number of amides is 2. The van der Waals surface area contributed by atoms with Crippen molar-refractivity contribution >= 4 is 51.9 Å². The van der Waals surface area contributed by atoms with E-state index in [4.69, 9.17) is 27.9 Å². The Bertz CT molecular complexity index is 1210. The van der Waals surface area contributed by atoms with Crippen molar-refractivity contribution in [1.29, 1.82) is 0 Å². The van der Waals surface area contributed by atoms with Crippen LogP contribution in [0.15, 0.2) is 48.2 Å². The molecule has 1 aromatic heterocycles. The quantitative estimate of drug-likeness (QED) is 0.534. The molecule has 0 unspecified atom stereocenters. The molecule has 0 spiro atoms. The van der Waals surface area contributed by atoms with E-state index in [0.29, 0.717) is 32.4 Å². The first-order valence-electron chi connectivity index (χ1n) is 9.57. The monoisotopic (exact) mass is 459 g/mol. The highest BCUT2D eigenvalue weighted by atomic mass is 35.5. The maximum atomic E-state index is 13.3. The second-order valence-corrected chi connectivity index (χ2v) is 7.77. The van der Waals surface area contributed by atoms with Gasteiger partial charge in [0.15, 0.2) is 0 Å². The number of hydrogen-bond acceptors (Lipinski definition) is 5. The van der Waals surface area contributed by atoms with E-state index in [1.807, 2.05) is 6.07 Å². The summed E-state index contributed by atoms with van der Waals surface area (Å²) in [6.45, 7) is 2.23. The Kier molecular flexibility index (Phi) is 5.84. The highest BCUT2D eigenvalue weighted by Gasteiger charge is 2.31. The van der Waals surface area contributed by atoms with Crippen molar-refractivity contribution in [1.82, 2.24) is 19.9 Å². The Balaban J connectivity index is 1.72. The first kappa shape index (κ1) is 21.1. The van der Waals surface area contributed by atoms with Crippen molar-refractivity contribution in [3.63, 3.8) is 0 Å². The van der Waals surface area contributed by atoms with Crippen LogP contribution in [0.4, 0.5) is 10.5 Å². The van der Waals surface area contributed by atoms with Gasteiger partial charge in [0.25, 0.3) is 0 Å². The van der Waals surface area contributed by atoms with Crippen LogP contribution in [0.2, 0.25) is 10.0 Å². The first-order chi connectivity index (χ1) is 14.9. The van der Waals surface area contributed by atoms with Gasteiger partial charge in [0.05, 0.1) is 40.0 Å². The summed E-state index contributed by atoms with van der Waals surface area (Å²) >= 11 is 12.4. The van der Waals surface area contributed by atoms with Crippen LogP contribution < -0.4 is 4.90 Å². The van der Waals surface area contributed by atoms with E-state index in [-0.39, 0.29) is 25.7 Å². The zero-order valence-corrected chi connectivity index (χ0v) is 18.4. The molecule has 0 saturated carbocycles. The van der Waals surface area contributed by atoms with Crippen LogP contribution in [0.3, 0.4) is 0 Å². The SMILES string of the molecule is CCOC(=O)C1=CN(c2ccc3c(c2)nnn3C)C(=O)N(Cc2cccc(Cl)c2Cl)C1. The molecule has 31 heavy (non-hydrogen) atoms. The van der Waals surface area contributed by atoms with Crippen molar-refractivity contribution in [2.45, 2.75) is 13.5 Å². The van der Waals surface area contributed by atoms with Gasteiger partial charge in [-0.25, -0.2) is 14.3 Å². The summed E-state index contributed by atoms with van der Waals surface area (Å²) in [5.41, 5.74) is 3.04. The van der Waals surface area contributed by atoms with Crippen molar-refractivity contribution in [2.75, 3.05) is 18.1 Å². The Morgan fingerprint density at radius 1 is 1.23 bits per heavy atom. The van der Waals surface area contributed by atoms with Crippen molar-refractivity contribution in [2.24, 2.45) is 7.05 Å². The molecule has 0 bridgehead atoms. The van der Waals surface area contributed by atoms with Crippen LogP contribution in [0, 0.1) is 0 Å². The maximum Gasteiger partial charge on any atom is 0.337 e. The van der Waals surface area contributed by atoms with Gasteiger partial charge < -0.3 is 9.64 Å². The molecule has 0 aliphatic carbocycles. The van der Waals surface area contributed by atoms with Gasteiger partial charge >= 0.3 is 12.0 Å². The number of urea groups is 1. The van der Waals surface area contributed by atoms with Crippen LogP contribution in [-0.4, -0.2) is 45.0 Å². The first-order valence-corrected chi connectivity index (χ1v) is 10.3. The lowest BCUT2D eigenvalue weighted by Crippen LogP contribution is -2.46. The number of esters is 1. The van der Waals surface area contributed by atoms with Crippen LogP contribution in [0.1, 0.15) is 12.5 Å². The number of carbonyl (C=O) groups is 2. The molecule has 1 aliphatic rings. The van der Waals surface area contributed by atoms with Crippen molar-refractivity contribution < 1.29 is 14.3 Å². The van der Waals surface area contributed by atoms with Crippen LogP contribution >= 0.6 is 23.2 Å². The standard InChI is InChI=1S/C21H19Cl2N5O3/c1-3-31-20(29)14-11-27(10-13-5-4-6-16(22)19(13)23)21(30)28(12-14)15-7-8-18-17(9-15)24-25-26(18)2/h4-9,12H,3,10-11H2,1-2H3. The largest absolute Gasteiger partial charge is 0.463 e. The molecule has 10 heteroatoms. The summed E-state index contributed by atoms with van der Waals surface area (Å²) in [5, 5.41) is 8.87. The average molecular weight is 460 g/mol. The molecule has 2 amide bonds. The van der Waals surface area contributed by atoms with Gasteiger partial charge in [-0.15, -0.1) is 5.10 Å². The van der Waals surface area contributed by atoms with Crippen LogP contribution in [0.25, 0.3) is 11.0 Å². The molecule has 2 heterocycles. The molecule has 0 atom stereocenters. The Hall–Kier alpha value is -3.10. The molecular weight excluding hydrogens is 441 g/mol. The molecule has 0 fully saturated rings. The van der Waals surface area contributed by atoms with Gasteiger partial charge in [-0.3, -0.25) is 4.90 Å². The summed E-state index contributed by atoms with van der Waals surface area (Å²) in [5.74, 6) is -0.484. The fourth-order valence-corrected chi connectivity index (χ4v) is 3.76. The highest BCUT2D eigenvalue weighted by Crippen LogP contribution is 2.30. The summed E-state index contributed by atoms with van der Waals surface area (Å²) < 4.78 is 6.81. The lowest BCUT2D eigenvalue weighted by Gasteiger charge is -2.34. The summed E-state index contributed by atoms with van der Waals surface area (Å²) in [6.07, 6.45) is 1.51. The van der Waals surface area contributed by atoms with Gasteiger partial charge in [0.1, 0.15) is 5.52 Å². The molecular formula is C21H19Cl2N5O3. The molecule has 3 aromatic rings. The van der Waals surface area contributed by atoms with E-state index in [2.05, 4.69) is 10.3 Å².